The second-order valence-corrected chi connectivity index (χ2v) is 7.49. The molecule has 3 heterocycles. The summed E-state index contributed by atoms with van der Waals surface area (Å²) < 4.78 is 4.42. The van der Waals surface area contributed by atoms with E-state index in [2.05, 4.69) is 20.5 Å². The van der Waals surface area contributed by atoms with Crippen molar-refractivity contribution in [2.75, 3.05) is 5.43 Å². The number of aryl methyl sites for hydroxylation is 2. The fourth-order valence-electron chi connectivity index (χ4n) is 3.28. The number of halogens is 1. The number of nitrogens with zero attached hydrogens (tertiary/aromatic N) is 6. The number of fused-ring (bicyclic) bond motifs is 1. The molecule has 13 nitrogen and oxygen atoms in total. The van der Waals surface area contributed by atoms with Crippen LogP contribution in [0.4, 0.5) is 5.95 Å². The van der Waals surface area contributed by atoms with Crippen molar-refractivity contribution in [2.45, 2.75) is 0 Å². The van der Waals surface area contributed by atoms with E-state index in [1.807, 2.05) is 0 Å². The van der Waals surface area contributed by atoms with Crippen LogP contribution in [0.2, 0.25) is 5.02 Å². The van der Waals surface area contributed by atoms with Crippen molar-refractivity contribution in [1.29, 1.82) is 0 Å². The maximum atomic E-state index is 12.5. The van der Waals surface area contributed by atoms with Crippen LogP contribution in [0.3, 0.4) is 0 Å². The molecule has 4 rings (SSSR count). The van der Waals surface area contributed by atoms with Gasteiger partial charge in [0.05, 0.1) is 11.9 Å². The molecule has 3 N–H and O–H groups in total. The molecule has 0 spiro atoms. The van der Waals surface area contributed by atoms with Crippen molar-refractivity contribution in [3.05, 3.63) is 76.5 Å². The lowest BCUT2D eigenvalue weighted by molar-refractivity contribution is 0.430. The van der Waals surface area contributed by atoms with Crippen molar-refractivity contribution in [1.82, 2.24) is 28.2 Å². The Kier molecular flexibility index (Phi) is 5.25. The van der Waals surface area contributed by atoms with Gasteiger partial charge in [0.15, 0.2) is 11.2 Å². The molecular weight excluding hydrogens is 456 g/mol. The third-order valence-electron chi connectivity index (χ3n) is 5.02. The Labute approximate surface area is 188 Å². The third kappa shape index (κ3) is 3.53. The molecule has 1 aromatic carbocycles. The largest absolute Gasteiger partial charge is 0.493 e. The maximum absolute atomic E-state index is 12.5. The first-order valence-electron chi connectivity index (χ1n) is 9.37. The number of aromatic nitrogens is 6. The van der Waals surface area contributed by atoms with Gasteiger partial charge in [0.1, 0.15) is 5.56 Å². The number of aromatic hydroxyl groups is 1. The lowest BCUT2D eigenvalue weighted by Crippen LogP contribution is -2.37. The predicted octanol–water partition coefficient (Wildman–Crippen LogP) is -0.385. The average Bonchev–Trinajstić information content (AvgIpc) is 3.09. The molecule has 4 aromatic rings. The summed E-state index contributed by atoms with van der Waals surface area (Å²) in [7, 11) is 4.37. The third-order valence-corrected chi connectivity index (χ3v) is 5.26. The first-order chi connectivity index (χ1) is 15.6. The molecule has 0 atom stereocenters. The lowest BCUT2D eigenvalue weighted by atomic mass is 10.3. The zero-order valence-electron chi connectivity index (χ0n) is 17.5. The van der Waals surface area contributed by atoms with Crippen LogP contribution >= 0.6 is 11.6 Å². The molecule has 33 heavy (non-hydrogen) atoms. The van der Waals surface area contributed by atoms with Crippen LogP contribution in [0.5, 0.6) is 5.88 Å². The van der Waals surface area contributed by atoms with Crippen LogP contribution in [-0.2, 0) is 21.1 Å². The Morgan fingerprint density at radius 3 is 2.55 bits per heavy atom. The number of rotatable bonds is 4. The van der Waals surface area contributed by atoms with Gasteiger partial charge in [0.2, 0.25) is 11.8 Å². The van der Waals surface area contributed by atoms with Gasteiger partial charge < -0.3 is 9.67 Å². The Morgan fingerprint density at radius 2 is 1.85 bits per heavy atom. The molecule has 0 aliphatic rings. The van der Waals surface area contributed by atoms with Crippen LogP contribution in [0.25, 0.3) is 16.9 Å². The number of aromatic amines is 1. The minimum absolute atomic E-state index is 0.0960. The zero-order chi connectivity index (χ0) is 24.0. The smallest absolute Gasteiger partial charge is 0.335 e. The fourth-order valence-corrected chi connectivity index (χ4v) is 3.47. The van der Waals surface area contributed by atoms with E-state index in [0.29, 0.717) is 5.02 Å². The fraction of sp³-hybridized carbons (Fsp3) is 0.158. The number of hydrogen-bond acceptors (Lipinski definition) is 8. The zero-order valence-corrected chi connectivity index (χ0v) is 18.3. The van der Waals surface area contributed by atoms with Crippen LogP contribution in [0.15, 0.2) is 48.5 Å². The van der Waals surface area contributed by atoms with Gasteiger partial charge in [0, 0.05) is 26.2 Å². The summed E-state index contributed by atoms with van der Waals surface area (Å²) in [5.41, 5.74) is -0.0358. The normalized spacial score (nSPS) is 11.5. The van der Waals surface area contributed by atoms with Gasteiger partial charge in [-0.05, 0) is 18.2 Å². The molecule has 14 heteroatoms. The second-order valence-electron chi connectivity index (χ2n) is 7.05. The monoisotopic (exact) mass is 472 g/mol. The molecule has 0 radical (unpaired) electrons. The molecule has 0 saturated heterocycles. The molecule has 3 aromatic heterocycles. The van der Waals surface area contributed by atoms with E-state index in [1.165, 1.54) is 35.4 Å². The number of hydrogen-bond donors (Lipinski definition) is 3. The Balaban J connectivity index is 1.77. The molecular formula is C19H17ClN8O5. The van der Waals surface area contributed by atoms with Crippen molar-refractivity contribution < 1.29 is 5.11 Å². The van der Waals surface area contributed by atoms with Gasteiger partial charge in [-0.2, -0.15) is 10.1 Å². The van der Waals surface area contributed by atoms with E-state index in [-0.39, 0.29) is 28.4 Å². The molecule has 170 valence electrons. The molecule has 0 aliphatic carbocycles. The predicted molar refractivity (Wildman–Crippen MR) is 122 cm³/mol. The summed E-state index contributed by atoms with van der Waals surface area (Å²) in [6.07, 6.45) is 0.991. The van der Waals surface area contributed by atoms with Crippen LogP contribution < -0.4 is 27.9 Å². The Hall–Kier alpha value is -4.39. The highest BCUT2D eigenvalue weighted by Crippen LogP contribution is 2.19. The maximum Gasteiger partial charge on any atom is 0.335 e. The van der Waals surface area contributed by atoms with Gasteiger partial charge in [-0.15, -0.1) is 0 Å². The van der Waals surface area contributed by atoms with Crippen molar-refractivity contribution in [2.24, 2.45) is 26.2 Å². The highest BCUT2D eigenvalue weighted by molar-refractivity contribution is 6.30. The molecule has 0 fully saturated rings. The number of imidazole rings is 1. The van der Waals surface area contributed by atoms with Gasteiger partial charge in [0.25, 0.3) is 11.1 Å². The average molecular weight is 473 g/mol. The Bertz CT molecular complexity index is 1690. The summed E-state index contributed by atoms with van der Waals surface area (Å²) in [6, 6.07) is 6.12. The number of hydrazone groups is 1. The van der Waals surface area contributed by atoms with Crippen LogP contribution in [-0.4, -0.2) is 39.6 Å². The summed E-state index contributed by atoms with van der Waals surface area (Å²) in [6.45, 7) is 0. The van der Waals surface area contributed by atoms with Crippen molar-refractivity contribution in [3.8, 4) is 11.6 Å². The van der Waals surface area contributed by atoms with E-state index in [0.717, 1.165) is 15.3 Å². The van der Waals surface area contributed by atoms with E-state index in [9.17, 15) is 24.3 Å². The van der Waals surface area contributed by atoms with Crippen molar-refractivity contribution in [3.63, 3.8) is 0 Å². The van der Waals surface area contributed by atoms with Gasteiger partial charge >= 0.3 is 11.4 Å². The minimum atomic E-state index is -0.873. The summed E-state index contributed by atoms with van der Waals surface area (Å²) in [5, 5.41) is 14.8. The molecule has 0 saturated carbocycles. The topological polar surface area (TPSA) is 161 Å². The quantitative estimate of drug-likeness (QED) is 0.269. The molecule has 0 unspecified atom stereocenters. The van der Waals surface area contributed by atoms with E-state index in [4.69, 9.17) is 11.6 Å². The standard InChI is InChI=1S/C19H17ClN8O5/c1-25-12-13(26(2)19(33)27(3)16(12)31)22-17(25)24-21-8-11-14(29)23-18(32)28(15(11)30)10-6-4-5-9(20)7-10/h4-8,30H,1-3H3,(H,22,24)(H,23,29,32). The molecule has 0 bridgehead atoms. The van der Waals surface area contributed by atoms with Crippen LogP contribution in [0.1, 0.15) is 5.56 Å². The van der Waals surface area contributed by atoms with Gasteiger partial charge in [-0.25, -0.2) is 19.6 Å². The van der Waals surface area contributed by atoms with Gasteiger partial charge in [-0.1, -0.05) is 17.7 Å². The van der Waals surface area contributed by atoms with E-state index >= 15 is 0 Å². The number of benzene rings is 1. The highest BCUT2D eigenvalue weighted by Gasteiger charge is 2.17. The van der Waals surface area contributed by atoms with E-state index in [1.54, 1.807) is 19.2 Å². The second kappa shape index (κ2) is 7.94. The highest BCUT2D eigenvalue weighted by atomic mass is 35.5. The number of nitrogens with one attached hydrogen (secondary N) is 2. The first kappa shape index (κ1) is 21.8. The molecule has 0 aliphatic heterocycles. The molecule has 0 amide bonds. The number of H-pyrrole nitrogens is 1. The van der Waals surface area contributed by atoms with Gasteiger partial charge in [-0.3, -0.25) is 23.7 Å². The SMILES string of the molecule is Cn1c(=O)c2c(nc(NN=Cc3c(O)n(-c4cccc(Cl)c4)c(=O)[nH]c3=O)n2C)n(C)c1=O. The van der Waals surface area contributed by atoms with E-state index < -0.39 is 28.4 Å². The Morgan fingerprint density at radius 1 is 1.12 bits per heavy atom. The summed E-state index contributed by atoms with van der Waals surface area (Å²) >= 11 is 5.95. The van der Waals surface area contributed by atoms with Crippen molar-refractivity contribution >= 4 is 34.9 Å². The van der Waals surface area contributed by atoms with Crippen LogP contribution in [0, 0.1) is 0 Å². The summed E-state index contributed by atoms with van der Waals surface area (Å²) in [5.74, 6) is -0.559. The minimum Gasteiger partial charge on any atom is -0.493 e. The number of anilines is 1. The lowest BCUT2D eigenvalue weighted by Gasteiger charge is -2.09. The summed E-state index contributed by atoms with van der Waals surface area (Å²) in [4.78, 5) is 55.4. The first-order valence-corrected chi connectivity index (χ1v) is 9.75.